The molecule has 1 N–H and O–H groups in total. The van der Waals surface area contributed by atoms with E-state index in [4.69, 9.17) is 5.26 Å². The summed E-state index contributed by atoms with van der Waals surface area (Å²) in [6.45, 7) is 1.73. The van der Waals surface area contributed by atoms with Crippen LogP contribution in [0.5, 0.6) is 0 Å². The molecule has 4 aromatic rings. The van der Waals surface area contributed by atoms with Crippen molar-refractivity contribution < 1.29 is 8.42 Å². The number of rotatable bonds is 5. The predicted octanol–water partition coefficient (Wildman–Crippen LogP) is 3.40. The number of nitriles is 1. The number of H-pyrrole nitrogens is 1. The van der Waals surface area contributed by atoms with Gasteiger partial charge in [0.2, 0.25) is 10.0 Å². The zero-order valence-corrected chi connectivity index (χ0v) is 18.2. The minimum absolute atomic E-state index is 0.237. The van der Waals surface area contributed by atoms with E-state index >= 15 is 0 Å². The standard InChI is InChI=1S/C23H22N6O2S/c24-12-17-1-4-22(5-2-17)32(30,31)28-9-7-18(8-10-28)16-29-23-6-3-19(11-20(23)15-27-29)21-13-25-26-14-21/h1-6,11,13-15,18H,7-10,16H2,(H,25,26). The highest BCUT2D eigenvalue weighted by Crippen LogP contribution is 2.27. The first-order valence-corrected chi connectivity index (χ1v) is 11.9. The Morgan fingerprint density at radius 3 is 2.53 bits per heavy atom. The molecule has 32 heavy (non-hydrogen) atoms. The molecule has 0 spiro atoms. The Labute approximate surface area is 186 Å². The SMILES string of the molecule is N#Cc1ccc(S(=O)(=O)N2CCC(Cn3ncc4cc(-c5cn[nH]c5)ccc43)CC2)cc1. The Morgan fingerprint density at radius 2 is 1.84 bits per heavy atom. The molecule has 8 nitrogen and oxygen atoms in total. The van der Waals surface area contributed by atoms with Crippen molar-refractivity contribution in [3.05, 3.63) is 66.6 Å². The molecule has 0 aliphatic carbocycles. The summed E-state index contributed by atoms with van der Waals surface area (Å²) in [6.07, 6.45) is 7.11. The monoisotopic (exact) mass is 446 g/mol. The second kappa shape index (κ2) is 8.22. The van der Waals surface area contributed by atoms with Crippen molar-refractivity contribution in [3.8, 4) is 17.2 Å². The van der Waals surface area contributed by atoms with Gasteiger partial charge in [-0.15, -0.1) is 0 Å². The maximum atomic E-state index is 12.9. The normalized spacial score (nSPS) is 15.7. The van der Waals surface area contributed by atoms with E-state index in [9.17, 15) is 8.42 Å². The molecular formula is C23H22N6O2S. The molecule has 0 radical (unpaired) electrons. The fourth-order valence-electron chi connectivity index (χ4n) is 4.25. The molecule has 0 saturated carbocycles. The van der Waals surface area contributed by atoms with Crippen molar-refractivity contribution in [1.82, 2.24) is 24.3 Å². The lowest BCUT2D eigenvalue weighted by atomic mass is 9.98. The molecule has 1 saturated heterocycles. The summed E-state index contributed by atoms with van der Waals surface area (Å²) < 4.78 is 29.4. The van der Waals surface area contributed by atoms with Crippen molar-refractivity contribution in [2.75, 3.05) is 13.1 Å². The number of aromatic amines is 1. The van der Waals surface area contributed by atoms with Gasteiger partial charge in [-0.2, -0.15) is 19.8 Å². The summed E-state index contributed by atoms with van der Waals surface area (Å²) in [5.74, 6) is 0.360. The number of nitrogens with one attached hydrogen (secondary N) is 1. The van der Waals surface area contributed by atoms with Crippen molar-refractivity contribution in [2.45, 2.75) is 24.3 Å². The Kier molecular flexibility index (Phi) is 5.25. The Morgan fingerprint density at radius 1 is 1.06 bits per heavy atom. The van der Waals surface area contributed by atoms with Gasteiger partial charge in [-0.05, 0) is 60.7 Å². The molecule has 162 valence electrons. The average Bonchev–Trinajstić information content (AvgIpc) is 3.50. The first-order valence-electron chi connectivity index (χ1n) is 10.5. The van der Waals surface area contributed by atoms with Gasteiger partial charge in [0, 0.05) is 36.8 Å². The molecule has 0 atom stereocenters. The largest absolute Gasteiger partial charge is 0.285 e. The third kappa shape index (κ3) is 3.79. The Balaban J connectivity index is 1.26. The Bertz CT molecular complexity index is 1380. The number of hydrogen-bond acceptors (Lipinski definition) is 5. The van der Waals surface area contributed by atoms with Gasteiger partial charge in [-0.3, -0.25) is 9.78 Å². The zero-order valence-electron chi connectivity index (χ0n) is 17.3. The van der Waals surface area contributed by atoms with Gasteiger partial charge in [0.1, 0.15) is 0 Å². The van der Waals surface area contributed by atoms with E-state index in [2.05, 4.69) is 33.5 Å². The molecule has 0 amide bonds. The fraction of sp³-hybridized carbons (Fsp3) is 0.261. The first kappa shape index (κ1) is 20.4. The summed E-state index contributed by atoms with van der Waals surface area (Å²) in [5.41, 5.74) is 3.65. The van der Waals surface area contributed by atoms with Gasteiger partial charge in [0.05, 0.1) is 34.4 Å². The predicted molar refractivity (Wildman–Crippen MR) is 120 cm³/mol. The molecule has 9 heteroatoms. The minimum atomic E-state index is -3.54. The van der Waals surface area contributed by atoms with Crippen LogP contribution in [0.4, 0.5) is 0 Å². The number of piperidine rings is 1. The van der Waals surface area contributed by atoms with E-state index in [0.29, 0.717) is 24.6 Å². The highest BCUT2D eigenvalue weighted by molar-refractivity contribution is 7.89. The fourth-order valence-corrected chi connectivity index (χ4v) is 5.72. The number of sulfonamides is 1. The summed E-state index contributed by atoms with van der Waals surface area (Å²) in [5, 5.41) is 21.4. The maximum absolute atomic E-state index is 12.9. The molecule has 0 unspecified atom stereocenters. The van der Waals surface area contributed by atoms with Gasteiger partial charge >= 0.3 is 0 Å². The summed E-state index contributed by atoms with van der Waals surface area (Å²) in [6, 6.07) is 14.4. The molecule has 5 rings (SSSR count). The second-order valence-electron chi connectivity index (χ2n) is 8.07. The van der Waals surface area contributed by atoms with Crippen LogP contribution < -0.4 is 0 Å². The lowest BCUT2D eigenvalue weighted by molar-refractivity contribution is 0.249. The van der Waals surface area contributed by atoms with Crippen LogP contribution in [0.1, 0.15) is 18.4 Å². The van der Waals surface area contributed by atoms with E-state index in [1.54, 1.807) is 22.6 Å². The smallest absolute Gasteiger partial charge is 0.243 e. The van der Waals surface area contributed by atoms with Gasteiger partial charge in [-0.1, -0.05) is 6.07 Å². The highest BCUT2D eigenvalue weighted by atomic mass is 32.2. The van der Waals surface area contributed by atoms with Crippen LogP contribution in [0.25, 0.3) is 22.0 Å². The van der Waals surface area contributed by atoms with Gasteiger partial charge in [0.15, 0.2) is 0 Å². The molecule has 3 heterocycles. The number of aromatic nitrogens is 4. The van der Waals surface area contributed by atoms with E-state index in [0.717, 1.165) is 41.4 Å². The third-order valence-corrected chi connectivity index (χ3v) is 8.01. The van der Waals surface area contributed by atoms with Crippen LogP contribution in [-0.4, -0.2) is 45.8 Å². The van der Waals surface area contributed by atoms with E-state index in [1.807, 2.05) is 23.1 Å². The van der Waals surface area contributed by atoms with E-state index in [1.165, 1.54) is 12.1 Å². The van der Waals surface area contributed by atoms with Crippen molar-refractivity contribution >= 4 is 20.9 Å². The van der Waals surface area contributed by atoms with Crippen LogP contribution in [0.2, 0.25) is 0 Å². The Hall–Kier alpha value is -3.48. The van der Waals surface area contributed by atoms with Crippen LogP contribution >= 0.6 is 0 Å². The molecule has 1 aliphatic rings. The quantitative estimate of drug-likeness (QED) is 0.506. The van der Waals surface area contributed by atoms with Crippen molar-refractivity contribution in [1.29, 1.82) is 5.26 Å². The topological polar surface area (TPSA) is 108 Å². The van der Waals surface area contributed by atoms with Crippen LogP contribution in [0.15, 0.2) is 66.0 Å². The molecule has 2 aromatic carbocycles. The molecule has 2 aromatic heterocycles. The van der Waals surface area contributed by atoms with E-state index in [-0.39, 0.29) is 4.90 Å². The van der Waals surface area contributed by atoms with Crippen LogP contribution in [-0.2, 0) is 16.6 Å². The van der Waals surface area contributed by atoms with Gasteiger partial charge in [-0.25, -0.2) is 8.42 Å². The third-order valence-electron chi connectivity index (χ3n) is 6.10. The zero-order chi connectivity index (χ0) is 22.1. The van der Waals surface area contributed by atoms with Crippen molar-refractivity contribution in [2.24, 2.45) is 5.92 Å². The van der Waals surface area contributed by atoms with Crippen LogP contribution in [0.3, 0.4) is 0 Å². The second-order valence-corrected chi connectivity index (χ2v) is 10.0. The number of fused-ring (bicyclic) bond motifs is 1. The average molecular weight is 447 g/mol. The van der Waals surface area contributed by atoms with Gasteiger partial charge < -0.3 is 0 Å². The highest BCUT2D eigenvalue weighted by Gasteiger charge is 2.29. The number of benzene rings is 2. The lowest BCUT2D eigenvalue weighted by Gasteiger charge is -2.31. The van der Waals surface area contributed by atoms with Gasteiger partial charge in [0.25, 0.3) is 0 Å². The summed E-state index contributed by atoms with van der Waals surface area (Å²) in [7, 11) is -3.54. The number of hydrogen-bond donors (Lipinski definition) is 1. The van der Waals surface area contributed by atoms with Crippen molar-refractivity contribution in [3.63, 3.8) is 0 Å². The number of nitrogens with zero attached hydrogens (tertiary/aromatic N) is 5. The summed E-state index contributed by atoms with van der Waals surface area (Å²) in [4.78, 5) is 0.237. The lowest BCUT2D eigenvalue weighted by Crippen LogP contribution is -2.39. The maximum Gasteiger partial charge on any atom is 0.243 e. The summed E-state index contributed by atoms with van der Waals surface area (Å²) >= 11 is 0. The first-order chi connectivity index (χ1) is 15.5. The van der Waals surface area contributed by atoms with E-state index < -0.39 is 10.0 Å². The van der Waals surface area contributed by atoms with Crippen LogP contribution in [0, 0.1) is 17.2 Å². The molecule has 0 bridgehead atoms. The molecule has 1 fully saturated rings. The minimum Gasteiger partial charge on any atom is -0.285 e. The molecule has 1 aliphatic heterocycles. The molecular weight excluding hydrogens is 424 g/mol.